The number of aromatic amines is 1. The summed E-state index contributed by atoms with van der Waals surface area (Å²) in [5.41, 5.74) is 1.63. The molecule has 2 heterocycles. The van der Waals surface area contributed by atoms with Gasteiger partial charge in [0.05, 0.1) is 23.4 Å². The van der Waals surface area contributed by atoms with Gasteiger partial charge in [-0.2, -0.15) is 0 Å². The van der Waals surface area contributed by atoms with Crippen molar-refractivity contribution in [2.24, 2.45) is 0 Å². The molecule has 0 aliphatic carbocycles. The second kappa shape index (κ2) is 6.70. The summed E-state index contributed by atoms with van der Waals surface area (Å²) in [6.45, 7) is 2.16. The number of hydrogen-bond donors (Lipinski definition) is 1. The first-order valence-corrected chi connectivity index (χ1v) is 6.97. The first kappa shape index (κ1) is 14.0. The summed E-state index contributed by atoms with van der Waals surface area (Å²) >= 11 is 1.62. The van der Waals surface area contributed by atoms with Gasteiger partial charge in [0.15, 0.2) is 0 Å². The first-order chi connectivity index (χ1) is 9.26. The highest BCUT2D eigenvalue weighted by atomic mass is 32.1. The van der Waals surface area contributed by atoms with Gasteiger partial charge in [0.25, 0.3) is 5.91 Å². The first-order valence-electron chi connectivity index (χ1n) is 6.09. The maximum Gasteiger partial charge on any atom is 0.270 e. The van der Waals surface area contributed by atoms with Crippen LogP contribution in [0, 0.1) is 0 Å². The molecule has 0 saturated heterocycles. The van der Waals surface area contributed by atoms with E-state index in [0.717, 1.165) is 10.2 Å². The predicted molar refractivity (Wildman–Crippen MR) is 75.8 cm³/mol. The largest absolute Gasteiger partial charge is 0.383 e. The summed E-state index contributed by atoms with van der Waals surface area (Å²) in [7, 11) is 3.26. The van der Waals surface area contributed by atoms with Gasteiger partial charge in [0.1, 0.15) is 5.69 Å². The zero-order valence-corrected chi connectivity index (χ0v) is 12.0. The number of thiophene rings is 1. The Labute approximate surface area is 116 Å². The quantitative estimate of drug-likeness (QED) is 0.844. The SMILES string of the molecule is COCCN(CCOC)C(=O)c1cc2sccc2[nH]1. The second-order valence-electron chi connectivity index (χ2n) is 4.16. The third-order valence-electron chi connectivity index (χ3n) is 2.89. The molecule has 0 aliphatic heterocycles. The molecule has 0 bridgehead atoms. The lowest BCUT2D eigenvalue weighted by atomic mass is 10.3. The zero-order valence-electron chi connectivity index (χ0n) is 11.1. The van der Waals surface area contributed by atoms with Gasteiger partial charge in [0, 0.05) is 27.3 Å². The number of hydrogen-bond acceptors (Lipinski definition) is 4. The molecule has 0 aromatic carbocycles. The molecule has 0 fully saturated rings. The number of nitrogens with one attached hydrogen (secondary N) is 1. The summed E-state index contributed by atoms with van der Waals surface area (Å²) < 4.78 is 11.2. The Bertz CT molecular complexity index is 498. The molecule has 104 valence electrons. The van der Waals surface area contributed by atoms with Crippen LogP contribution >= 0.6 is 11.3 Å². The molecule has 0 saturated carbocycles. The number of rotatable bonds is 7. The molecule has 0 atom stereocenters. The van der Waals surface area contributed by atoms with E-state index >= 15 is 0 Å². The Hall–Kier alpha value is -1.37. The van der Waals surface area contributed by atoms with Crippen LogP contribution < -0.4 is 0 Å². The van der Waals surface area contributed by atoms with E-state index < -0.39 is 0 Å². The van der Waals surface area contributed by atoms with Crippen LogP contribution in [0.2, 0.25) is 0 Å². The Morgan fingerprint density at radius 1 is 1.32 bits per heavy atom. The smallest absolute Gasteiger partial charge is 0.270 e. The molecular weight excluding hydrogens is 264 g/mol. The standard InChI is InChI=1S/C13H18N2O3S/c1-17-6-4-15(5-7-18-2)13(16)11-9-12-10(14-11)3-8-19-12/h3,8-9,14H,4-7H2,1-2H3. The minimum absolute atomic E-state index is 0.0162. The van der Waals surface area contributed by atoms with Gasteiger partial charge >= 0.3 is 0 Å². The van der Waals surface area contributed by atoms with Crippen molar-refractivity contribution in [2.45, 2.75) is 0 Å². The second-order valence-corrected chi connectivity index (χ2v) is 5.11. The number of carbonyl (C=O) groups excluding carboxylic acids is 1. The summed E-state index contributed by atoms with van der Waals surface area (Å²) in [5, 5.41) is 2.00. The van der Waals surface area contributed by atoms with Crippen LogP contribution in [0.4, 0.5) is 0 Å². The van der Waals surface area contributed by atoms with Crippen molar-refractivity contribution in [1.29, 1.82) is 0 Å². The van der Waals surface area contributed by atoms with Gasteiger partial charge in [-0.1, -0.05) is 0 Å². The number of nitrogens with zero attached hydrogens (tertiary/aromatic N) is 1. The lowest BCUT2D eigenvalue weighted by molar-refractivity contribution is 0.0623. The van der Waals surface area contributed by atoms with Gasteiger partial charge < -0.3 is 19.4 Å². The molecule has 2 rings (SSSR count). The summed E-state index contributed by atoms with van der Waals surface area (Å²) in [6, 6.07) is 3.88. The van der Waals surface area contributed by atoms with Gasteiger partial charge in [-0.15, -0.1) is 11.3 Å². The number of ether oxygens (including phenoxy) is 2. The predicted octanol–water partition coefficient (Wildman–Crippen LogP) is 1.96. The average molecular weight is 282 g/mol. The highest BCUT2D eigenvalue weighted by molar-refractivity contribution is 7.17. The maximum absolute atomic E-state index is 12.4. The minimum Gasteiger partial charge on any atom is -0.383 e. The molecule has 1 amide bonds. The van der Waals surface area contributed by atoms with Crippen LogP contribution in [-0.2, 0) is 9.47 Å². The van der Waals surface area contributed by atoms with E-state index in [1.807, 2.05) is 17.5 Å². The molecule has 0 spiro atoms. The van der Waals surface area contributed by atoms with E-state index in [1.54, 1.807) is 30.5 Å². The molecular formula is C13H18N2O3S. The highest BCUT2D eigenvalue weighted by Crippen LogP contribution is 2.22. The molecule has 0 unspecified atom stereocenters. The number of fused-ring (bicyclic) bond motifs is 1. The average Bonchev–Trinajstić information content (AvgIpc) is 2.99. The number of aromatic nitrogens is 1. The van der Waals surface area contributed by atoms with Crippen molar-refractivity contribution in [3.05, 3.63) is 23.2 Å². The lowest BCUT2D eigenvalue weighted by Crippen LogP contribution is -2.36. The van der Waals surface area contributed by atoms with Gasteiger partial charge in [0.2, 0.25) is 0 Å². The van der Waals surface area contributed by atoms with Crippen LogP contribution in [0.15, 0.2) is 17.5 Å². The summed E-state index contributed by atoms with van der Waals surface area (Å²) in [5.74, 6) is -0.0162. The number of carbonyl (C=O) groups is 1. The number of H-pyrrole nitrogens is 1. The molecule has 5 nitrogen and oxygen atoms in total. The monoisotopic (exact) mass is 282 g/mol. The van der Waals surface area contributed by atoms with Crippen LogP contribution in [-0.4, -0.2) is 56.3 Å². The Balaban J connectivity index is 2.10. The Kier molecular flexibility index (Phi) is 4.95. The van der Waals surface area contributed by atoms with Crippen LogP contribution in [0.1, 0.15) is 10.5 Å². The summed E-state index contributed by atoms with van der Waals surface area (Å²) in [6.07, 6.45) is 0. The zero-order chi connectivity index (χ0) is 13.7. The maximum atomic E-state index is 12.4. The van der Waals surface area contributed by atoms with E-state index in [1.165, 1.54) is 0 Å². The highest BCUT2D eigenvalue weighted by Gasteiger charge is 2.17. The van der Waals surface area contributed by atoms with Gasteiger partial charge in [-0.25, -0.2) is 0 Å². The topological polar surface area (TPSA) is 54.6 Å². The molecule has 6 heteroatoms. The minimum atomic E-state index is -0.0162. The Morgan fingerprint density at radius 2 is 2.00 bits per heavy atom. The van der Waals surface area contributed by atoms with Crippen molar-refractivity contribution in [1.82, 2.24) is 9.88 Å². The van der Waals surface area contributed by atoms with Gasteiger partial charge in [-0.05, 0) is 17.5 Å². The van der Waals surface area contributed by atoms with Crippen LogP contribution in [0.5, 0.6) is 0 Å². The van der Waals surface area contributed by atoms with Crippen molar-refractivity contribution < 1.29 is 14.3 Å². The lowest BCUT2D eigenvalue weighted by Gasteiger charge is -2.21. The fraction of sp³-hybridized carbons (Fsp3) is 0.462. The van der Waals surface area contributed by atoms with E-state index in [4.69, 9.17) is 9.47 Å². The van der Waals surface area contributed by atoms with Crippen molar-refractivity contribution in [2.75, 3.05) is 40.5 Å². The molecule has 19 heavy (non-hydrogen) atoms. The van der Waals surface area contributed by atoms with E-state index in [-0.39, 0.29) is 5.91 Å². The van der Waals surface area contributed by atoms with Crippen molar-refractivity contribution >= 4 is 27.5 Å². The fourth-order valence-corrected chi connectivity index (χ4v) is 2.63. The molecule has 2 aromatic heterocycles. The van der Waals surface area contributed by atoms with Crippen molar-refractivity contribution in [3.63, 3.8) is 0 Å². The molecule has 1 N–H and O–H groups in total. The molecule has 0 radical (unpaired) electrons. The third-order valence-corrected chi connectivity index (χ3v) is 3.75. The number of amides is 1. The van der Waals surface area contributed by atoms with E-state index in [9.17, 15) is 4.79 Å². The third kappa shape index (κ3) is 3.34. The molecule has 0 aliphatic rings. The van der Waals surface area contributed by atoms with Gasteiger partial charge in [-0.3, -0.25) is 4.79 Å². The van der Waals surface area contributed by atoms with E-state index in [2.05, 4.69) is 4.98 Å². The number of methoxy groups -OCH3 is 2. The van der Waals surface area contributed by atoms with Crippen LogP contribution in [0.25, 0.3) is 10.2 Å². The Morgan fingerprint density at radius 3 is 2.58 bits per heavy atom. The van der Waals surface area contributed by atoms with E-state index in [0.29, 0.717) is 32.0 Å². The summed E-state index contributed by atoms with van der Waals surface area (Å²) in [4.78, 5) is 17.3. The normalized spacial score (nSPS) is 11.1. The van der Waals surface area contributed by atoms with Crippen LogP contribution in [0.3, 0.4) is 0 Å². The van der Waals surface area contributed by atoms with Crippen molar-refractivity contribution in [3.8, 4) is 0 Å². The fourth-order valence-electron chi connectivity index (χ4n) is 1.85. The molecule has 2 aromatic rings.